The van der Waals surface area contributed by atoms with E-state index >= 15 is 0 Å². The molecule has 3 saturated heterocycles. The third-order valence-electron chi connectivity index (χ3n) is 10.1. The van der Waals surface area contributed by atoms with E-state index in [-0.39, 0.29) is 43.5 Å². The van der Waals surface area contributed by atoms with Gasteiger partial charge in [0.1, 0.15) is 29.8 Å². The first kappa shape index (κ1) is 33.8. The Balaban J connectivity index is 1.54. The van der Waals surface area contributed by atoms with Crippen molar-refractivity contribution in [3.8, 4) is 0 Å². The number of rotatable bonds is 2. The zero-order chi connectivity index (χ0) is 32.7. The van der Waals surface area contributed by atoms with Gasteiger partial charge in [0.2, 0.25) is 0 Å². The number of carbonyl (C=O) groups is 1. The molecule has 2 bridgehead atoms. The second kappa shape index (κ2) is 13.3. The van der Waals surface area contributed by atoms with Crippen molar-refractivity contribution in [3.63, 3.8) is 0 Å². The molecule has 0 aromatic rings. The first-order chi connectivity index (χ1) is 21.3. The molecule has 10 atom stereocenters. The van der Waals surface area contributed by atoms with Crippen LogP contribution in [0.5, 0.6) is 0 Å². The lowest BCUT2D eigenvalue weighted by Crippen LogP contribution is -2.59. The van der Waals surface area contributed by atoms with Gasteiger partial charge in [-0.1, -0.05) is 74.9 Å². The zero-order valence-corrected chi connectivity index (χ0v) is 27.7. The number of hydrogen-bond donors (Lipinski definition) is 3. The number of oxime groups is 1. The Hall–Kier alpha value is -2.56. The molecule has 9 nitrogen and oxygen atoms in total. The van der Waals surface area contributed by atoms with Gasteiger partial charge in [-0.3, -0.25) is 4.79 Å². The molecule has 3 N–H and O–H groups in total. The minimum absolute atomic E-state index is 0.100. The molecule has 1 aliphatic carbocycles. The van der Waals surface area contributed by atoms with Crippen molar-refractivity contribution in [2.24, 2.45) is 28.8 Å². The predicted octanol–water partition coefficient (Wildman–Crippen LogP) is 5.56. The van der Waals surface area contributed by atoms with Gasteiger partial charge in [-0.05, 0) is 62.2 Å². The van der Waals surface area contributed by atoms with Crippen molar-refractivity contribution in [2.75, 3.05) is 6.61 Å². The van der Waals surface area contributed by atoms with Crippen LogP contribution in [-0.2, 0) is 23.7 Å². The topological polar surface area (TPSA) is 127 Å². The molecule has 248 valence electrons. The van der Waals surface area contributed by atoms with Gasteiger partial charge in [-0.15, -0.1) is 0 Å². The van der Waals surface area contributed by atoms with Gasteiger partial charge in [-0.2, -0.15) is 0 Å². The monoisotopic (exact) mass is 625 g/mol. The highest BCUT2D eigenvalue weighted by molar-refractivity contribution is 5.88. The normalized spacial score (nSPS) is 45.3. The van der Waals surface area contributed by atoms with E-state index in [2.05, 4.69) is 51.1 Å². The van der Waals surface area contributed by atoms with Crippen molar-refractivity contribution in [1.82, 2.24) is 0 Å². The summed E-state index contributed by atoms with van der Waals surface area (Å²) in [4.78, 5) is 14.1. The van der Waals surface area contributed by atoms with Crippen molar-refractivity contribution in [2.45, 2.75) is 122 Å². The van der Waals surface area contributed by atoms with Crippen LogP contribution in [0.2, 0.25) is 0 Å². The van der Waals surface area contributed by atoms with Crippen LogP contribution in [0.3, 0.4) is 0 Å². The van der Waals surface area contributed by atoms with Crippen LogP contribution < -0.4 is 0 Å². The number of aliphatic hydroxyl groups excluding tert-OH is 1. The van der Waals surface area contributed by atoms with Crippen molar-refractivity contribution < 1.29 is 39.2 Å². The molecule has 4 aliphatic heterocycles. The molecule has 1 spiro atoms. The number of fused-ring (bicyclic) bond motifs is 2. The number of aliphatic hydroxyl groups is 2. The molecule has 0 saturated carbocycles. The summed E-state index contributed by atoms with van der Waals surface area (Å²) in [6.45, 7) is 14.3. The minimum atomic E-state index is -1.75. The summed E-state index contributed by atoms with van der Waals surface area (Å²) >= 11 is 0. The van der Waals surface area contributed by atoms with Gasteiger partial charge in [0.15, 0.2) is 5.79 Å². The van der Waals surface area contributed by atoms with Gasteiger partial charge in [0.25, 0.3) is 0 Å². The Bertz CT molecular complexity index is 1330. The molecule has 0 radical (unpaired) electrons. The first-order valence-corrected chi connectivity index (χ1v) is 16.5. The van der Waals surface area contributed by atoms with Crippen LogP contribution in [0.4, 0.5) is 0 Å². The minimum Gasteiger partial charge on any atom is -0.462 e. The van der Waals surface area contributed by atoms with Crippen LogP contribution in [-0.4, -0.2) is 75.6 Å². The highest BCUT2D eigenvalue weighted by Crippen LogP contribution is 2.47. The number of allylic oxidation sites excluding steroid dienone is 5. The maximum atomic E-state index is 14.1. The smallest absolute Gasteiger partial charge is 0.316 e. The molecule has 3 fully saturated rings. The number of carbonyl (C=O) groups excluding carboxylic acids is 1. The number of esters is 1. The highest BCUT2D eigenvalue weighted by Gasteiger charge is 2.60. The Morgan fingerprint density at radius 2 is 1.93 bits per heavy atom. The molecule has 1 unspecified atom stereocenters. The number of hydrogen-bond acceptors (Lipinski definition) is 9. The highest BCUT2D eigenvalue weighted by atomic mass is 16.7. The van der Waals surface area contributed by atoms with Gasteiger partial charge < -0.3 is 34.4 Å². The maximum absolute atomic E-state index is 14.1. The number of nitrogens with zero attached hydrogens (tertiary/aromatic N) is 1. The molecule has 0 aromatic carbocycles. The first-order valence-electron chi connectivity index (χ1n) is 16.5. The van der Waals surface area contributed by atoms with Crippen molar-refractivity contribution >= 4 is 11.7 Å². The van der Waals surface area contributed by atoms with Gasteiger partial charge in [0.05, 0.1) is 24.5 Å². The third-order valence-corrected chi connectivity index (χ3v) is 10.1. The van der Waals surface area contributed by atoms with E-state index in [0.29, 0.717) is 35.6 Å². The molecule has 9 heteroatoms. The van der Waals surface area contributed by atoms with E-state index in [1.54, 1.807) is 13.0 Å². The van der Waals surface area contributed by atoms with Crippen LogP contribution in [0.1, 0.15) is 80.6 Å². The summed E-state index contributed by atoms with van der Waals surface area (Å²) < 4.78 is 25.8. The largest absolute Gasteiger partial charge is 0.462 e. The summed E-state index contributed by atoms with van der Waals surface area (Å²) in [6, 6.07) is 0. The molecule has 5 rings (SSSR count). The molecule has 0 amide bonds. The second-order valence-electron chi connectivity index (χ2n) is 14.3. The molecule has 4 heterocycles. The summed E-state index contributed by atoms with van der Waals surface area (Å²) in [6.07, 6.45) is 10.8. The lowest BCUT2D eigenvalue weighted by Gasteiger charge is -2.50. The van der Waals surface area contributed by atoms with E-state index in [4.69, 9.17) is 18.9 Å². The average molecular weight is 626 g/mol. The van der Waals surface area contributed by atoms with Gasteiger partial charge in [0, 0.05) is 25.2 Å². The Kier molecular flexibility index (Phi) is 9.97. The van der Waals surface area contributed by atoms with Crippen LogP contribution in [0.25, 0.3) is 0 Å². The zero-order valence-electron chi connectivity index (χ0n) is 27.7. The summed E-state index contributed by atoms with van der Waals surface area (Å²) in [7, 11) is 0. The fraction of sp³-hybridized carbons (Fsp3) is 0.667. The van der Waals surface area contributed by atoms with Gasteiger partial charge in [-0.25, -0.2) is 0 Å². The van der Waals surface area contributed by atoms with Crippen molar-refractivity contribution in [1.29, 1.82) is 0 Å². The summed E-state index contributed by atoms with van der Waals surface area (Å²) in [5.74, 6) is -2.45. The Morgan fingerprint density at radius 1 is 1.18 bits per heavy atom. The fourth-order valence-corrected chi connectivity index (χ4v) is 7.83. The second-order valence-corrected chi connectivity index (χ2v) is 14.3. The van der Waals surface area contributed by atoms with Gasteiger partial charge >= 0.3 is 5.97 Å². The van der Waals surface area contributed by atoms with E-state index in [1.807, 2.05) is 26.0 Å². The lowest BCUT2D eigenvalue weighted by atomic mass is 9.71. The number of ether oxygens (including phenoxy) is 4. The van der Waals surface area contributed by atoms with Crippen molar-refractivity contribution in [3.05, 3.63) is 58.7 Å². The van der Waals surface area contributed by atoms with E-state index in [9.17, 15) is 20.2 Å². The molecular formula is C36H51NO8. The van der Waals surface area contributed by atoms with Crippen LogP contribution in [0, 0.1) is 23.7 Å². The van der Waals surface area contributed by atoms with E-state index in [1.165, 1.54) is 5.57 Å². The van der Waals surface area contributed by atoms with Crippen LogP contribution in [0.15, 0.2) is 63.9 Å². The average Bonchev–Trinajstić information content (AvgIpc) is 3.30. The predicted molar refractivity (Wildman–Crippen MR) is 171 cm³/mol. The Morgan fingerprint density at radius 3 is 2.64 bits per heavy atom. The lowest BCUT2D eigenvalue weighted by molar-refractivity contribution is -0.313. The third kappa shape index (κ3) is 6.79. The summed E-state index contributed by atoms with van der Waals surface area (Å²) in [5, 5.41) is 36.8. The summed E-state index contributed by atoms with van der Waals surface area (Å²) in [5.41, 5.74) is 2.15. The molecule has 5 aliphatic rings. The molecular weight excluding hydrogens is 574 g/mol. The quantitative estimate of drug-likeness (QED) is 0.158. The van der Waals surface area contributed by atoms with Crippen LogP contribution >= 0.6 is 0 Å². The van der Waals surface area contributed by atoms with E-state index < -0.39 is 41.6 Å². The SMILES string of the molecule is CC1=C[C@H]2C(=O)O[C@H]3C[C@@H](C/C=C(\C)C[C@@H](C)/C=C/C=C4\CO[C@H]([C@@H]1O)[C@@]42O)OC1(C/C(=N\O)[C@H](C)[C@@H](/C(C)=C/C(C)C)O1)C3. The fourth-order valence-electron chi connectivity index (χ4n) is 7.83. The molecule has 45 heavy (non-hydrogen) atoms. The standard InChI is InChI=1S/C36H51NO8/c1-20(2)13-24(6)32-25(7)30(37-41)18-35(45-32)17-28-16-27(44-35)12-11-22(4)14-21(3)9-8-10-26-19-42-33-31(38)23(5)15-29(34(39)43-28)36(26,33)40/h8-11,13,15,20-21,25,27-29,31-33,38,40-41H,12,14,16-19H2,1-7H3/b9-8+,22-11+,24-13+,26-10+,37-30+/t21-,25-,27+,28-,29-,31+,32+,33+,35?,36+/m0/s1. The van der Waals surface area contributed by atoms with E-state index in [0.717, 1.165) is 12.0 Å². The molecule has 0 aromatic heterocycles. The Labute approximate surface area is 267 Å². The maximum Gasteiger partial charge on any atom is 0.316 e.